The van der Waals surface area contributed by atoms with Crippen LogP contribution in [0.15, 0.2) is 0 Å². The van der Waals surface area contributed by atoms with Gasteiger partial charge in [0.05, 0.1) is 18.3 Å². The van der Waals surface area contributed by atoms with E-state index >= 15 is 0 Å². The smallest absolute Gasteiger partial charge is 0.185 e. The molecule has 0 aromatic carbocycles. The van der Waals surface area contributed by atoms with Crippen molar-refractivity contribution in [3.8, 4) is 6.07 Å². The van der Waals surface area contributed by atoms with Gasteiger partial charge in [-0.05, 0) is 32.5 Å². The van der Waals surface area contributed by atoms with E-state index in [0.29, 0.717) is 0 Å². The van der Waals surface area contributed by atoms with Gasteiger partial charge in [0.15, 0.2) is 8.32 Å². The van der Waals surface area contributed by atoms with Crippen LogP contribution in [0.3, 0.4) is 0 Å². The SMILES string of the molecule is C[Si](C)(C)OC1(C#N)CC2CCC(C1)O2. The van der Waals surface area contributed by atoms with E-state index < -0.39 is 13.9 Å². The van der Waals surface area contributed by atoms with Crippen molar-refractivity contribution in [2.75, 3.05) is 0 Å². The molecule has 0 aromatic rings. The fraction of sp³-hybridized carbons (Fsp3) is 0.909. The molecule has 0 radical (unpaired) electrons. The zero-order valence-corrected chi connectivity index (χ0v) is 10.7. The van der Waals surface area contributed by atoms with Gasteiger partial charge in [0.1, 0.15) is 5.60 Å². The number of rotatable bonds is 2. The van der Waals surface area contributed by atoms with Crippen molar-refractivity contribution in [3.05, 3.63) is 0 Å². The van der Waals surface area contributed by atoms with Gasteiger partial charge in [-0.25, -0.2) is 0 Å². The van der Waals surface area contributed by atoms with Gasteiger partial charge in [0.2, 0.25) is 0 Å². The van der Waals surface area contributed by atoms with Crippen molar-refractivity contribution in [3.63, 3.8) is 0 Å². The Morgan fingerprint density at radius 3 is 2.20 bits per heavy atom. The molecule has 2 rings (SSSR count). The molecule has 0 saturated carbocycles. The molecule has 2 unspecified atom stereocenters. The fourth-order valence-corrected chi connectivity index (χ4v) is 4.07. The average molecular weight is 225 g/mol. The molecule has 0 spiro atoms. The first-order valence-corrected chi connectivity index (χ1v) is 9.10. The molecule has 2 aliphatic rings. The van der Waals surface area contributed by atoms with Crippen LogP contribution in [0.1, 0.15) is 25.7 Å². The van der Waals surface area contributed by atoms with Gasteiger partial charge in [-0.3, -0.25) is 0 Å². The van der Waals surface area contributed by atoms with Gasteiger partial charge in [0.25, 0.3) is 0 Å². The lowest BCUT2D eigenvalue weighted by Gasteiger charge is -2.39. The number of hydrogen-bond acceptors (Lipinski definition) is 3. The molecule has 4 heteroatoms. The summed E-state index contributed by atoms with van der Waals surface area (Å²) in [7, 11) is -1.65. The van der Waals surface area contributed by atoms with E-state index in [1.54, 1.807) is 0 Å². The van der Waals surface area contributed by atoms with Crippen molar-refractivity contribution in [1.82, 2.24) is 0 Å². The maximum Gasteiger partial charge on any atom is 0.185 e. The molecule has 2 fully saturated rings. The topological polar surface area (TPSA) is 42.2 Å². The zero-order valence-electron chi connectivity index (χ0n) is 9.75. The van der Waals surface area contributed by atoms with E-state index in [4.69, 9.17) is 9.16 Å². The molecule has 0 aromatic heterocycles. The number of hydrogen-bond donors (Lipinski definition) is 0. The third-order valence-electron chi connectivity index (χ3n) is 3.02. The predicted molar refractivity (Wildman–Crippen MR) is 59.9 cm³/mol. The van der Waals surface area contributed by atoms with Gasteiger partial charge in [0, 0.05) is 12.8 Å². The molecular weight excluding hydrogens is 206 g/mol. The third kappa shape index (κ3) is 2.41. The van der Waals surface area contributed by atoms with Crippen molar-refractivity contribution >= 4 is 8.32 Å². The van der Waals surface area contributed by atoms with Crippen LogP contribution in [-0.2, 0) is 9.16 Å². The van der Waals surface area contributed by atoms with Crippen LogP contribution < -0.4 is 0 Å². The highest BCUT2D eigenvalue weighted by molar-refractivity contribution is 6.69. The summed E-state index contributed by atoms with van der Waals surface area (Å²) in [6.07, 6.45) is 4.26. The summed E-state index contributed by atoms with van der Waals surface area (Å²) in [5, 5.41) is 9.36. The van der Waals surface area contributed by atoms with E-state index in [2.05, 4.69) is 25.7 Å². The van der Waals surface area contributed by atoms with E-state index in [9.17, 15) is 5.26 Å². The largest absolute Gasteiger partial charge is 0.400 e. The van der Waals surface area contributed by atoms with Crippen LogP contribution in [0, 0.1) is 11.3 Å². The average Bonchev–Trinajstić information content (AvgIpc) is 2.43. The van der Waals surface area contributed by atoms with Crippen LogP contribution in [0.25, 0.3) is 0 Å². The minimum Gasteiger partial charge on any atom is -0.400 e. The molecule has 2 heterocycles. The van der Waals surface area contributed by atoms with Crippen molar-refractivity contribution in [1.29, 1.82) is 5.26 Å². The summed E-state index contributed by atoms with van der Waals surface area (Å²) < 4.78 is 11.8. The first kappa shape index (κ1) is 11.1. The summed E-state index contributed by atoms with van der Waals surface area (Å²) in [5.41, 5.74) is -0.547. The predicted octanol–water partition coefficient (Wildman–Crippen LogP) is 2.44. The maximum absolute atomic E-state index is 9.36. The second kappa shape index (κ2) is 3.58. The molecule has 84 valence electrons. The minimum atomic E-state index is -1.65. The summed E-state index contributed by atoms with van der Waals surface area (Å²) in [6.45, 7) is 6.43. The fourth-order valence-electron chi connectivity index (χ4n) is 2.68. The number of fused-ring (bicyclic) bond motifs is 2. The van der Waals surface area contributed by atoms with Gasteiger partial charge in [-0.15, -0.1) is 0 Å². The lowest BCUT2D eigenvalue weighted by Crippen LogP contribution is -2.48. The number of nitriles is 1. The van der Waals surface area contributed by atoms with Crippen molar-refractivity contribution in [2.45, 2.75) is 63.1 Å². The second-order valence-corrected chi connectivity index (χ2v) is 10.1. The molecule has 15 heavy (non-hydrogen) atoms. The molecule has 2 bridgehead atoms. The van der Waals surface area contributed by atoms with Gasteiger partial charge in [-0.2, -0.15) is 5.26 Å². The third-order valence-corrected chi connectivity index (χ3v) is 4.02. The van der Waals surface area contributed by atoms with Gasteiger partial charge in [-0.1, -0.05) is 0 Å². The van der Waals surface area contributed by atoms with E-state index in [0.717, 1.165) is 25.7 Å². The molecule has 0 amide bonds. The van der Waals surface area contributed by atoms with Gasteiger partial charge >= 0.3 is 0 Å². The van der Waals surface area contributed by atoms with Gasteiger partial charge < -0.3 is 9.16 Å². The standard InChI is InChI=1S/C11H19NO2Si/c1-15(2,3)14-11(8-12)6-9-4-5-10(7-11)13-9/h9-10H,4-7H2,1-3H3. The van der Waals surface area contributed by atoms with Crippen LogP contribution in [-0.4, -0.2) is 26.1 Å². The minimum absolute atomic E-state index is 0.264. The Bertz CT molecular complexity index is 280. The highest BCUT2D eigenvalue weighted by Gasteiger charge is 2.47. The highest BCUT2D eigenvalue weighted by atomic mass is 28.4. The number of nitrogens with zero attached hydrogens (tertiary/aromatic N) is 1. The molecule has 0 N–H and O–H groups in total. The first-order valence-electron chi connectivity index (χ1n) is 5.69. The Morgan fingerprint density at radius 1 is 1.27 bits per heavy atom. The molecule has 2 atom stereocenters. The Labute approximate surface area is 92.5 Å². The van der Waals surface area contributed by atoms with Crippen LogP contribution in [0.4, 0.5) is 0 Å². The summed E-state index contributed by atoms with van der Waals surface area (Å²) >= 11 is 0. The normalized spacial score (nSPS) is 40.1. The second-order valence-electron chi connectivity index (χ2n) is 5.69. The van der Waals surface area contributed by atoms with E-state index in [1.807, 2.05) is 0 Å². The monoisotopic (exact) mass is 225 g/mol. The lowest BCUT2D eigenvalue weighted by molar-refractivity contribution is -0.0752. The summed E-state index contributed by atoms with van der Waals surface area (Å²) in [5.74, 6) is 0. The Balaban J connectivity index is 2.13. The van der Waals surface area contributed by atoms with Crippen LogP contribution in [0.2, 0.25) is 19.6 Å². The first-order chi connectivity index (χ1) is 6.92. The quantitative estimate of drug-likeness (QED) is 0.678. The molecule has 3 nitrogen and oxygen atoms in total. The molecule has 0 aliphatic carbocycles. The zero-order chi connectivity index (χ0) is 11.1. The summed E-state index contributed by atoms with van der Waals surface area (Å²) in [6, 6.07) is 2.41. The Kier molecular flexibility index (Phi) is 2.66. The van der Waals surface area contributed by atoms with E-state index in [-0.39, 0.29) is 12.2 Å². The molecular formula is C11H19NO2Si. The molecule has 2 aliphatic heterocycles. The Morgan fingerprint density at radius 2 is 1.80 bits per heavy atom. The van der Waals surface area contributed by atoms with Crippen molar-refractivity contribution < 1.29 is 9.16 Å². The maximum atomic E-state index is 9.36. The van der Waals surface area contributed by atoms with Crippen molar-refractivity contribution in [2.24, 2.45) is 0 Å². The van der Waals surface area contributed by atoms with Crippen LogP contribution in [0.5, 0.6) is 0 Å². The van der Waals surface area contributed by atoms with E-state index in [1.165, 1.54) is 0 Å². The molecule has 2 saturated heterocycles. The highest BCUT2D eigenvalue weighted by Crippen LogP contribution is 2.41. The van der Waals surface area contributed by atoms with Crippen LogP contribution >= 0.6 is 0 Å². The number of ether oxygens (including phenoxy) is 1. The lowest BCUT2D eigenvalue weighted by atomic mass is 9.92. The Hall–Kier alpha value is -0.373. The summed E-state index contributed by atoms with van der Waals surface area (Å²) in [4.78, 5) is 0.